The van der Waals surface area contributed by atoms with E-state index in [1.165, 1.54) is 0 Å². The molecular formula is C16H11ClN4. The highest BCUT2D eigenvalue weighted by Crippen LogP contribution is 2.31. The molecule has 4 nitrogen and oxygen atoms in total. The number of nitrogens with one attached hydrogen (secondary N) is 2. The minimum Gasteiger partial charge on any atom is -0.344 e. The molecule has 2 aromatic heterocycles. The number of fused-ring (bicyclic) bond motifs is 1. The fraction of sp³-hybridized carbons (Fsp3) is 0. The number of halogens is 1. The zero-order chi connectivity index (χ0) is 14.2. The van der Waals surface area contributed by atoms with Crippen LogP contribution in [0.2, 0.25) is 5.02 Å². The van der Waals surface area contributed by atoms with Gasteiger partial charge < -0.3 is 4.98 Å². The van der Waals surface area contributed by atoms with E-state index in [-0.39, 0.29) is 0 Å². The van der Waals surface area contributed by atoms with Crippen molar-refractivity contribution in [1.82, 2.24) is 20.2 Å². The van der Waals surface area contributed by atoms with E-state index < -0.39 is 0 Å². The fourth-order valence-corrected chi connectivity index (χ4v) is 2.66. The Hall–Kier alpha value is -2.59. The van der Waals surface area contributed by atoms with Crippen molar-refractivity contribution in [1.29, 1.82) is 0 Å². The number of H-pyrrole nitrogens is 2. The van der Waals surface area contributed by atoms with Gasteiger partial charge in [-0.2, -0.15) is 5.10 Å². The minimum atomic E-state index is 0.701. The van der Waals surface area contributed by atoms with Gasteiger partial charge in [0.25, 0.3) is 0 Å². The first-order valence-corrected chi connectivity index (χ1v) is 6.92. The highest BCUT2D eigenvalue weighted by Gasteiger charge is 2.11. The van der Waals surface area contributed by atoms with Gasteiger partial charge in [-0.3, -0.25) is 5.10 Å². The lowest BCUT2D eigenvalue weighted by molar-refractivity contribution is 1.12. The number of benzene rings is 2. The lowest BCUT2D eigenvalue weighted by atomic mass is 10.0. The molecule has 0 saturated heterocycles. The molecule has 0 fully saturated rings. The van der Waals surface area contributed by atoms with E-state index in [4.69, 9.17) is 11.6 Å². The van der Waals surface area contributed by atoms with Gasteiger partial charge in [0.1, 0.15) is 0 Å². The Morgan fingerprint density at radius 1 is 1.00 bits per heavy atom. The molecule has 0 aliphatic rings. The van der Waals surface area contributed by atoms with E-state index >= 15 is 0 Å². The summed E-state index contributed by atoms with van der Waals surface area (Å²) >= 11 is 6.07. The van der Waals surface area contributed by atoms with Gasteiger partial charge in [-0.05, 0) is 24.3 Å². The number of hydrogen-bond acceptors (Lipinski definition) is 2. The maximum Gasteiger partial charge on any atom is 0.0961 e. The first kappa shape index (κ1) is 12.2. The number of imidazole rings is 1. The third-order valence-corrected chi connectivity index (χ3v) is 3.70. The lowest BCUT2D eigenvalue weighted by Gasteiger charge is -2.04. The molecule has 4 aromatic rings. The molecule has 21 heavy (non-hydrogen) atoms. The summed E-state index contributed by atoms with van der Waals surface area (Å²) in [5.41, 5.74) is 4.94. The van der Waals surface area contributed by atoms with Gasteiger partial charge in [0, 0.05) is 21.5 Å². The van der Waals surface area contributed by atoms with E-state index in [0.717, 1.165) is 33.4 Å². The monoisotopic (exact) mass is 294 g/mol. The summed E-state index contributed by atoms with van der Waals surface area (Å²) in [6, 6.07) is 13.8. The van der Waals surface area contributed by atoms with Gasteiger partial charge >= 0.3 is 0 Å². The maximum absolute atomic E-state index is 6.07. The maximum atomic E-state index is 6.07. The number of aromatic nitrogens is 4. The summed E-state index contributed by atoms with van der Waals surface area (Å²) in [4.78, 5) is 7.65. The molecular weight excluding hydrogens is 284 g/mol. The van der Waals surface area contributed by atoms with Gasteiger partial charge in [0.2, 0.25) is 0 Å². The first-order valence-electron chi connectivity index (χ1n) is 6.54. The van der Waals surface area contributed by atoms with Crippen molar-refractivity contribution in [3.8, 4) is 22.5 Å². The molecule has 4 rings (SSSR count). The Morgan fingerprint density at radius 2 is 1.95 bits per heavy atom. The second-order valence-electron chi connectivity index (χ2n) is 4.81. The summed E-state index contributed by atoms with van der Waals surface area (Å²) in [6.45, 7) is 0. The summed E-state index contributed by atoms with van der Waals surface area (Å²) in [5.74, 6) is 0. The molecule has 0 atom stereocenters. The Morgan fingerprint density at radius 3 is 2.86 bits per heavy atom. The smallest absolute Gasteiger partial charge is 0.0961 e. The second kappa shape index (κ2) is 4.75. The molecule has 0 aliphatic carbocycles. The Bertz CT molecular complexity index is 923. The zero-order valence-electron chi connectivity index (χ0n) is 11.0. The van der Waals surface area contributed by atoms with E-state index in [1.54, 1.807) is 6.33 Å². The largest absolute Gasteiger partial charge is 0.344 e. The Labute approximate surface area is 125 Å². The SMILES string of the molecule is Clc1cccc(-c2nc[nH]c2-c2ccc3[nH]ncc3c2)c1. The molecule has 0 aliphatic heterocycles. The number of rotatable bonds is 2. The zero-order valence-corrected chi connectivity index (χ0v) is 11.7. The van der Waals surface area contributed by atoms with Gasteiger partial charge in [-0.15, -0.1) is 0 Å². The Balaban J connectivity index is 1.88. The average Bonchev–Trinajstić information content (AvgIpc) is 3.15. The molecule has 2 N–H and O–H groups in total. The lowest BCUT2D eigenvalue weighted by Crippen LogP contribution is -1.84. The van der Waals surface area contributed by atoms with E-state index in [9.17, 15) is 0 Å². The van der Waals surface area contributed by atoms with Gasteiger partial charge in [0.15, 0.2) is 0 Å². The van der Waals surface area contributed by atoms with Crippen LogP contribution in [0, 0.1) is 0 Å². The standard InChI is InChI=1S/C16H11ClN4/c17-13-3-1-2-10(7-13)15-16(19-9-18-15)11-4-5-14-12(6-11)8-20-21-14/h1-9H,(H,18,19)(H,20,21). The van der Waals surface area contributed by atoms with E-state index in [0.29, 0.717) is 5.02 Å². The number of hydrogen-bond donors (Lipinski definition) is 2. The molecule has 5 heteroatoms. The molecule has 0 unspecified atom stereocenters. The summed E-state index contributed by atoms with van der Waals surface area (Å²) in [6.07, 6.45) is 3.51. The third kappa shape index (κ3) is 2.10. The van der Waals surface area contributed by atoms with Crippen LogP contribution >= 0.6 is 11.6 Å². The van der Waals surface area contributed by atoms with Crippen molar-refractivity contribution in [3.63, 3.8) is 0 Å². The molecule has 0 radical (unpaired) electrons. The quantitative estimate of drug-likeness (QED) is 0.580. The third-order valence-electron chi connectivity index (χ3n) is 3.47. The van der Waals surface area contributed by atoms with Crippen molar-refractivity contribution in [2.24, 2.45) is 0 Å². The molecule has 102 valence electrons. The van der Waals surface area contributed by atoms with Crippen LogP contribution in [-0.2, 0) is 0 Å². The van der Waals surface area contributed by atoms with Crippen molar-refractivity contribution >= 4 is 22.5 Å². The van der Waals surface area contributed by atoms with Crippen molar-refractivity contribution in [2.75, 3.05) is 0 Å². The topological polar surface area (TPSA) is 57.4 Å². The molecule has 2 aromatic carbocycles. The predicted octanol–water partition coefficient (Wildman–Crippen LogP) is 4.27. The van der Waals surface area contributed by atoms with Crippen LogP contribution in [0.3, 0.4) is 0 Å². The number of nitrogens with zero attached hydrogens (tertiary/aromatic N) is 2. The average molecular weight is 295 g/mol. The molecule has 0 spiro atoms. The van der Waals surface area contributed by atoms with Gasteiger partial charge in [0.05, 0.1) is 29.4 Å². The van der Waals surface area contributed by atoms with E-state index in [2.05, 4.69) is 26.2 Å². The van der Waals surface area contributed by atoms with Crippen molar-refractivity contribution in [2.45, 2.75) is 0 Å². The highest BCUT2D eigenvalue weighted by molar-refractivity contribution is 6.30. The highest BCUT2D eigenvalue weighted by atomic mass is 35.5. The Kier molecular flexibility index (Phi) is 2.75. The van der Waals surface area contributed by atoms with Crippen LogP contribution in [0.25, 0.3) is 33.4 Å². The molecule has 0 saturated carbocycles. The van der Waals surface area contributed by atoms with Crippen LogP contribution in [-0.4, -0.2) is 20.2 Å². The van der Waals surface area contributed by atoms with Gasteiger partial charge in [-0.1, -0.05) is 29.8 Å². The minimum absolute atomic E-state index is 0.701. The van der Waals surface area contributed by atoms with Crippen LogP contribution in [0.15, 0.2) is 55.0 Å². The summed E-state index contributed by atoms with van der Waals surface area (Å²) in [5, 5.41) is 8.77. The van der Waals surface area contributed by atoms with Crippen LogP contribution in [0.1, 0.15) is 0 Å². The van der Waals surface area contributed by atoms with Crippen molar-refractivity contribution < 1.29 is 0 Å². The first-order chi connectivity index (χ1) is 10.3. The normalized spacial score (nSPS) is 11.1. The molecule has 0 amide bonds. The number of aromatic amines is 2. The van der Waals surface area contributed by atoms with Crippen LogP contribution < -0.4 is 0 Å². The summed E-state index contributed by atoms with van der Waals surface area (Å²) in [7, 11) is 0. The van der Waals surface area contributed by atoms with Crippen molar-refractivity contribution in [3.05, 3.63) is 60.0 Å². The van der Waals surface area contributed by atoms with Crippen LogP contribution in [0.4, 0.5) is 0 Å². The molecule has 2 heterocycles. The summed E-state index contributed by atoms with van der Waals surface area (Å²) < 4.78 is 0. The van der Waals surface area contributed by atoms with Gasteiger partial charge in [-0.25, -0.2) is 4.98 Å². The predicted molar refractivity (Wildman–Crippen MR) is 84.1 cm³/mol. The second-order valence-corrected chi connectivity index (χ2v) is 5.24. The fourth-order valence-electron chi connectivity index (χ4n) is 2.47. The molecule has 0 bridgehead atoms. The van der Waals surface area contributed by atoms with E-state index in [1.807, 2.05) is 42.6 Å². The van der Waals surface area contributed by atoms with Crippen LogP contribution in [0.5, 0.6) is 0 Å².